The van der Waals surface area contributed by atoms with Crippen LogP contribution in [0.15, 0.2) is 102 Å². The van der Waals surface area contributed by atoms with E-state index in [4.69, 9.17) is 21.1 Å². The highest BCUT2D eigenvalue weighted by Gasteiger charge is 2.27. The highest BCUT2D eigenvalue weighted by molar-refractivity contribution is 7.89. The molecule has 0 aliphatic carbocycles. The molecule has 4 aromatic carbocycles. The molecule has 0 spiro atoms. The highest BCUT2D eigenvalue weighted by Crippen LogP contribution is 2.32. The van der Waals surface area contributed by atoms with Crippen molar-refractivity contribution in [1.29, 1.82) is 0 Å². The van der Waals surface area contributed by atoms with Crippen molar-refractivity contribution in [2.24, 2.45) is 0 Å². The fourth-order valence-electron chi connectivity index (χ4n) is 3.84. The van der Waals surface area contributed by atoms with E-state index in [-0.39, 0.29) is 11.3 Å². The SMILES string of the molecule is COc1ccc(S(=O)(=O)N[C@H](Cc2ccccc2)C(=O)Nc2cc(Cl)ccc2Oc2ccccc2)cc1C. The molecule has 0 heterocycles. The van der Waals surface area contributed by atoms with Crippen LogP contribution in [0.2, 0.25) is 5.02 Å². The number of amides is 1. The normalized spacial score (nSPS) is 12.0. The summed E-state index contributed by atoms with van der Waals surface area (Å²) in [5.74, 6) is 0.931. The Morgan fingerprint density at radius 1 is 0.895 bits per heavy atom. The predicted octanol–water partition coefficient (Wildman–Crippen LogP) is 5.98. The quantitative estimate of drug-likeness (QED) is 0.253. The van der Waals surface area contributed by atoms with Gasteiger partial charge in [0, 0.05) is 5.02 Å². The third-order valence-corrected chi connectivity index (χ3v) is 7.45. The van der Waals surface area contributed by atoms with Crippen LogP contribution in [0.1, 0.15) is 11.1 Å². The molecule has 9 heteroatoms. The maximum absolute atomic E-state index is 13.6. The van der Waals surface area contributed by atoms with Gasteiger partial charge < -0.3 is 14.8 Å². The number of anilines is 1. The minimum atomic E-state index is -4.05. The monoisotopic (exact) mass is 550 g/mol. The van der Waals surface area contributed by atoms with Gasteiger partial charge in [-0.15, -0.1) is 0 Å². The summed E-state index contributed by atoms with van der Waals surface area (Å²) in [4.78, 5) is 13.6. The molecule has 0 aliphatic heterocycles. The Bertz CT molecular complexity index is 1510. The van der Waals surface area contributed by atoms with Gasteiger partial charge in [-0.3, -0.25) is 4.79 Å². The number of methoxy groups -OCH3 is 1. The molecule has 1 amide bonds. The summed E-state index contributed by atoms with van der Waals surface area (Å²) >= 11 is 6.21. The number of aryl methyl sites for hydroxylation is 1. The molecule has 0 radical (unpaired) electrons. The Labute approximate surface area is 227 Å². The maximum Gasteiger partial charge on any atom is 0.243 e. The van der Waals surface area contributed by atoms with Gasteiger partial charge in [-0.2, -0.15) is 4.72 Å². The third-order valence-electron chi connectivity index (χ3n) is 5.74. The van der Waals surface area contributed by atoms with E-state index in [1.807, 2.05) is 48.5 Å². The first-order chi connectivity index (χ1) is 18.2. The lowest BCUT2D eigenvalue weighted by atomic mass is 10.1. The van der Waals surface area contributed by atoms with Crippen molar-refractivity contribution in [1.82, 2.24) is 4.72 Å². The minimum Gasteiger partial charge on any atom is -0.496 e. The van der Waals surface area contributed by atoms with Gasteiger partial charge in [-0.05, 0) is 73.0 Å². The van der Waals surface area contributed by atoms with E-state index in [1.165, 1.54) is 19.2 Å². The van der Waals surface area contributed by atoms with Crippen molar-refractivity contribution in [3.05, 3.63) is 113 Å². The van der Waals surface area contributed by atoms with Gasteiger partial charge in [0.15, 0.2) is 5.75 Å². The van der Waals surface area contributed by atoms with Gasteiger partial charge in [-0.25, -0.2) is 8.42 Å². The molecule has 0 fully saturated rings. The van der Waals surface area contributed by atoms with E-state index >= 15 is 0 Å². The Kier molecular flexibility index (Phi) is 8.68. The van der Waals surface area contributed by atoms with Crippen molar-refractivity contribution < 1.29 is 22.7 Å². The molecule has 2 N–H and O–H groups in total. The molecular weight excluding hydrogens is 524 g/mol. The van der Waals surface area contributed by atoms with Gasteiger partial charge in [0.2, 0.25) is 15.9 Å². The second-order valence-corrected chi connectivity index (χ2v) is 10.7. The summed E-state index contributed by atoms with van der Waals surface area (Å²) in [7, 11) is -2.54. The summed E-state index contributed by atoms with van der Waals surface area (Å²) in [5, 5.41) is 3.18. The zero-order chi connectivity index (χ0) is 27.1. The molecule has 0 saturated heterocycles. The molecule has 4 aromatic rings. The number of benzene rings is 4. The maximum atomic E-state index is 13.6. The van der Waals surface area contributed by atoms with E-state index in [9.17, 15) is 13.2 Å². The number of carbonyl (C=O) groups is 1. The number of sulfonamides is 1. The Morgan fingerprint density at radius 3 is 2.21 bits per heavy atom. The lowest BCUT2D eigenvalue weighted by molar-refractivity contribution is -0.117. The summed E-state index contributed by atoms with van der Waals surface area (Å²) in [5.41, 5.74) is 1.75. The molecule has 0 bridgehead atoms. The van der Waals surface area contributed by atoms with E-state index < -0.39 is 22.0 Å². The summed E-state index contributed by atoms with van der Waals surface area (Å²) in [6.07, 6.45) is 0.122. The molecule has 38 heavy (non-hydrogen) atoms. The minimum absolute atomic E-state index is 0.0255. The first-order valence-corrected chi connectivity index (χ1v) is 13.7. The lowest BCUT2D eigenvalue weighted by Crippen LogP contribution is -2.45. The molecule has 196 valence electrons. The Balaban J connectivity index is 1.63. The van der Waals surface area contributed by atoms with Crippen LogP contribution in [-0.4, -0.2) is 27.5 Å². The van der Waals surface area contributed by atoms with Gasteiger partial charge >= 0.3 is 0 Å². The summed E-state index contributed by atoms with van der Waals surface area (Å²) < 4.78 is 40.4. The topological polar surface area (TPSA) is 93.7 Å². The number of para-hydroxylation sites is 1. The van der Waals surface area contributed by atoms with Crippen molar-refractivity contribution in [3.63, 3.8) is 0 Å². The van der Waals surface area contributed by atoms with Gasteiger partial charge in [0.05, 0.1) is 17.7 Å². The van der Waals surface area contributed by atoms with Crippen LogP contribution in [0, 0.1) is 6.92 Å². The molecule has 0 unspecified atom stereocenters. The first kappa shape index (κ1) is 27.2. The average Bonchev–Trinajstić information content (AvgIpc) is 2.91. The number of rotatable bonds is 10. The van der Waals surface area contributed by atoms with Crippen LogP contribution < -0.4 is 19.5 Å². The van der Waals surface area contributed by atoms with Crippen molar-refractivity contribution in [3.8, 4) is 17.2 Å². The number of nitrogens with one attached hydrogen (secondary N) is 2. The van der Waals surface area contributed by atoms with E-state index in [1.54, 1.807) is 43.3 Å². The first-order valence-electron chi connectivity index (χ1n) is 11.8. The second kappa shape index (κ2) is 12.1. The van der Waals surface area contributed by atoms with Crippen molar-refractivity contribution >= 4 is 33.2 Å². The number of carbonyl (C=O) groups excluding carboxylic acids is 1. The standard InChI is InChI=1S/C29H27ClN2O5S/c1-20-17-24(14-16-27(20)36-2)38(34,35)32-26(18-21-9-5-3-6-10-21)29(33)31-25-19-22(30)13-15-28(25)37-23-11-7-4-8-12-23/h3-17,19,26,32H,18H2,1-2H3,(H,31,33)/t26-/m1/s1. The smallest absolute Gasteiger partial charge is 0.243 e. The van der Waals surface area contributed by atoms with Crippen molar-refractivity contribution in [2.45, 2.75) is 24.3 Å². The largest absolute Gasteiger partial charge is 0.496 e. The fraction of sp³-hybridized carbons (Fsp3) is 0.138. The van der Waals surface area contributed by atoms with Crippen LogP contribution in [0.4, 0.5) is 5.69 Å². The van der Waals surface area contributed by atoms with Crippen LogP contribution in [0.5, 0.6) is 17.2 Å². The van der Waals surface area contributed by atoms with Crippen LogP contribution >= 0.6 is 11.6 Å². The van der Waals surface area contributed by atoms with Gasteiger partial charge in [-0.1, -0.05) is 60.1 Å². The number of ether oxygens (including phenoxy) is 2. The number of hydrogen-bond acceptors (Lipinski definition) is 5. The summed E-state index contributed by atoms with van der Waals surface area (Å²) in [6, 6.07) is 26.5. The van der Waals surface area contributed by atoms with E-state index in [0.29, 0.717) is 33.5 Å². The molecule has 0 saturated carbocycles. The third kappa shape index (κ3) is 6.92. The Hall–Kier alpha value is -3.85. The van der Waals surface area contributed by atoms with Gasteiger partial charge in [0.1, 0.15) is 17.5 Å². The fourth-order valence-corrected chi connectivity index (χ4v) is 5.29. The number of halogens is 1. The Morgan fingerprint density at radius 2 is 1.55 bits per heavy atom. The molecule has 4 rings (SSSR count). The van der Waals surface area contributed by atoms with E-state index in [2.05, 4.69) is 10.0 Å². The van der Waals surface area contributed by atoms with E-state index in [0.717, 1.165) is 5.56 Å². The van der Waals surface area contributed by atoms with Crippen LogP contribution in [-0.2, 0) is 21.2 Å². The average molecular weight is 551 g/mol. The van der Waals surface area contributed by atoms with Gasteiger partial charge in [0.25, 0.3) is 0 Å². The summed E-state index contributed by atoms with van der Waals surface area (Å²) in [6.45, 7) is 1.75. The zero-order valence-corrected chi connectivity index (χ0v) is 22.4. The molecule has 0 aliphatic rings. The predicted molar refractivity (Wildman–Crippen MR) is 149 cm³/mol. The molecule has 0 aromatic heterocycles. The van der Waals surface area contributed by atoms with Crippen molar-refractivity contribution in [2.75, 3.05) is 12.4 Å². The van der Waals surface area contributed by atoms with Crippen LogP contribution in [0.3, 0.4) is 0 Å². The number of hydrogen-bond donors (Lipinski definition) is 2. The zero-order valence-electron chi connectivity index (χ0n) is 20.8. The highest BCUT2D eigenvalue weighted by atomic mass is 35.5. The molecular formula is C29H27ClN2O5S. The lowest BCUT2D eigenvalue weighted by Gasteiger charge is -2.20. The second-order valence-electron chi connectivity index (χ2n) is 8.54. The van der Waals surface area contributed by atoms with Crippen LogP contribution in [0.25, 0.3) is 0 Å². The molecule has 7 nitrogen and oxygen atoms in total. The molecule has 1 atom stereocenters.